The molecule has 7 nitrogen and oxygen atoms in total. The molecule has 0 amide bonds. The van der Waals surface area contributed by atoms with Gasteiger partial charge in [0.05, 0.1) is 12.1 Å². The van der Waals surface area contributed by atoms with Crippen LogP contribution in [0.25, 0.3) is 0 Å². The van der Waals surface area contributed by atoms with Crippen LogP contribution in [-0.4, -0.2) is 45.2 Å². The van der Waals surface area contributed by atoms with Crippen LogP contribution in [0.2, 0.25) is 0 Å². The topological polar surface area (TPSA) is 106 Å². The summed E-state index contributed by atoms with van der Waals surface area (Å²) in [6, 6.07) is 2.37. The quantitative estimate of drug-likeness (QED) is 0.791. The van der Waals surface area contributed by atoms with Crippen molar-refractivity contribution in [3.8, 4) is 0 Å². The molecule has 1 aliphatic rings. The van der Waals surface area contributed by atoms with Gasteiger partial charge in [-0.05, 0) is 38.5 Å². The standard InChI is InChI=1S/C15H21N3O4/c1-15(2,3)22-14(21)10-8-18(12(10)16)11(13(19)20)9-4-6-17-7-5-9/h4-7,10-12H,8,16H2,1-3H3,(H,19,20)/t10-,11-,12-/m1/s1. The lowest BCUT2D eigenvalue weighted by atomic mass is 9.90. The lowest BCUT2D eigenvalue weighted by Gasteiger charge is -2.47. The number of rotatable bonds is 4. The number of hydrogen-bond donors (Lipinski definition) is 2. The number of likely N-dealkylation sites (tertiary alicyclic amines) is 1. The van der Waals surface area contributed by atoms with Crippen LogP contribution in [0.1, 0.15) is 32.4 Å². The zero-order valence-electron chi connectivity index (χ0n) is 12.9. The molecular formula is C15H21N3O4. The minimum Gasteiger partial charge on any atom is -0.480 e. The van der Waals surface area contributed by atoms with Crippen molar-refractivity contribution >= 4 is 11.9 Å². The van der Waals surface area contributed by atoms with Crippen molar-refractivity contribution in [2.24, 2.45) is 11.7 Å². The van der Waals surface area contributed by atoms with Crippen LogP contribution in [0.4, 0.5) is 0 Å². The third-order valence-corrected chi connectivity index (χ3v) is 3.50. The van der Waals surface area contributed by atoms with Crippen molar-refractivity contribution in [2.75, 3.05) is 6.54 Å². The molecule has 0 radical (unpaired) electrons. The fourth-order valence-electron chi connectivity index (χ4n) is 2.44. The maximum Gasteiger partial charge on any atom is 0.325 e. The molecule has 120 valence electrons. The van der Waals surface area contributed by atoms with Crippen LogP contribution in [-0.2, 0) is 14.3 Å². The highest BCUT2D eigenvalue weighted by atomic mass is 16.6. The first-order chi connectivity index (χ1) is 10.2. The van der Waals surface area contributed by atoms with E-state index in [1.54, 1.807) is 37.8 Å². The fourth-order valence-corrected chi connectivity index (χ4v) is 2.44. The highest BCUT2D eigenvalue weighted by Gasteiger charge is 2.48. The van der Waals surface area contributed by atoms with Gasteiger partial charge in [0.2, 0.25) is 0 Å². The first kappa shape index (κ1) is 16.4. The molecule has 0 bridgehead atoms. The van der Waals surface area contributed by atoms with Crippen molar-refractivity contribution in [1.82, 2.24) is 9.88 Å². The molecule has 1 aromatic rings. The number of aromatic nitrogens is 1. The number of aliphatic carboxylic acids is 1. The Balaban J connectivity index is 2.09. The molecule has 2 rings (SSSR count). The Morgan fingerprint density at radius 3 is 2.45 bits per heavy atom. The molecule has 7 heteroatoms. The third kappa shape index (κ3) is 3.42. The summed E-state index contributed by atoms with van der Waals surface area (Å²) in [5.74, 6) is -1.91. The van der Waals surface area contributed by atoms with E-state index in [0.29, 0.717) is 5.56 Å². The molecule has 2 heterocycles. The van der Waals surface area contributed by atoms with Crippen LogP contribution in [0, 0.1) is 5.92 Å². The first-order valence-corrected chi connectivity index (χ1v) is 7.07. The van der Waals surface area contributed by atoms with Crippen molar-refractivity contribution in [1.29, 1.82) is 0 Å². The smallest absolute Gasteiger partial charge is 0.325 e. The molecule has 1 aromatic heterocycles. The summed E-state index contributed by atoms with van der Waals surface area (Å²) in [5.41, 5.74) is 6.00. The summed E-state index contributed by atoms with van der Waals surface area (Å²) in [6.07, 6.45) is 2.38. The van der Waals surface area contributed by atoms with Gasteiger partial charge < -0.3 is 15.6 Å². The van der Waals surface area contributed by atoms with Crippen molar-refractivity contribution < 1.29 is 19.4 Å². The Labute approximate surface area is 129 Å². The van der Waals surface area contributed by atoms with Crippen molar-refractivity contribution in [2.45, 2.75) is 38.6 Å². The number of ether oxygens (including phenoxy) is 1. The van der Waals surface area contributed by atoms with Gasteiger partial charge in [-0.2, -0.15) is 0 Å². The summed E-state index contributed by atoms with van der Waals surface area (Å²) in [4.78, 5) is 29.0. The van der Waals surface area contributed by atoms with Gasteiger partial charge >= 0.3 is 11.9 Å². The monoisotopic (exact) mass is 307 g/mol. The van der Waals surface area contributed by atoms with E-state index < -0.39 is 35.7 Å². The van der Waals surface area contributed by atoms with Gasteiger partial charge in [0.15, 0.2) is 0 Å². The van der Waals surface area contributed by atoms with Gasteiger partial charge in [0.25, 0.3) is 0 Å². The molecule has 3 N–H and O–H groups in total. The summed E-state index contributed by atoms with van der Waals surface area (Å²) in [7, 11) is 0. The summed E-state index contributed by atoms with van der Waals surface area (Å²) in [5, 5.41) is 9.46. The lowest BCUT2D eigenvalue weighted by molar-refractivity contribution is -0.176. The predicted octanol–water partition coefficient (Wildman–Crippen LogP) is 0.766. The number of carboxylic acids is 1. The average molecular weight is 307 g/mol. The van der Waals surface area contributed by atoms with Crippen LogP contribution in [0.3, 0.4) is 0 Å². The summed E-state index contributed by atoms with van der Waals surface area (Å²) in [6.45, 7) is 5.60. The Morgan fingerprint density at radius 1 is 1.41 bits per heavy atom. The lowest BCUT2D eigenvalue weighted by Crippen LogP contribution is -2.66. The van der Waals surface area contributed by atoms with E-state index in [-0.39, 0.29) is 6.54 Å². The molecule has 0 unspecified atom stereocenters. The van der Waals surface area contributed by atoms with Gasteiger partial charge in [-0.25, -0.2) is 0 Å². The van der Waals surface area contributed by atoms with E-state index in [4.69, 9.17) is 10.5 Å². The number of pyridine rings is 1. The third-order valence-electron chi connectivity index (χ3n) is 3.50. The molecule has 0 aromatic carbocycles. The average Bonchev–Trinajstić information content (AvgIpc) is 2.40. The van der Waals surface area contributed by atoms with Gasteiger partial charge in [-0.1, -0.05) is 0 Å². The molecule has 1 aliphatic heterocycles. The maximum absolute atomic E-state index is 12.0. The molecule has 3 atom stereocenters. The molecular weight excluding hydrogens is 286 g/mol. The van der Waals surface area contributed by atoms with Gasteiger partial charge in [-0.15, -0.1) is 0 Å². The number of esters is 1. The van der Waals surface area contributed by atoms with Crippen LogP contribution in [0.5, 0.6) is 0 Å². The molecule has 1 fully saturated rings. The normalized spacial score (nSPS) is 23.5. The van der Waals surface area contributed by atoms with Crippen molar-refractivity contribution in [3.63, 3.8) is 0 Å². The number of nitrogens with zero attached hydrogens (tertiary/aromatic N) is 2. The predicted molar refractivity (Wildman–Crippen MR) is 78.6 cm³/mol. The Hall–Kier alpha value is -1.99. The second-order valence-electron chi connectivity index (χ2n) is 6.35. The minimum absolute atomic E-state index is 0.259. The highest BCUT2D eigenvalue weighted by molar-refractivity contribution is 5.78. The van der Waals surface area contributed by atoms with Gasteiger partial charge in [0.1, 0.15) is 11.6 Å². The van der Waals surface area contributed by atoms with E-state index in [1.807, 2.05) is 0 Å². The zero-order chi connectivity index (χ0) is 16.5. The Morgan fingerprint density at radius 2 is 2.00 bits per heavy atom. The van der Waals surface area contributed by atoms with E-state index in [2.05, 4.69) is 4.98 Å². The van der Waals surface area contributed by atoms with E-state index in [1.165, 1.54) is 12.4 Å². The Bertz CT molecular complexity index is 556. The van der Waals surface area contributed by atoms with Crippen LogP contribution >= 0.6 is 0 Å². The first-order valence-electron chi connectivity index (χ1n) is 7.07. The van der Waals surface area contributed by atoms with Gasteiger partial charge in [-0.3, -0.25) is 19.5 Å². The number of carbonyl (C=O) groups excluding carboxylic acids is 1. The second kappa shape index (κ2) is 6.02. The van der Waals surface area contributed by atoms with E-state index in [0.717, 1.165) is 0 Å². The SMILES string of the molecule is CC(C)(C)OC(=O)[C@@H]1CN([C@@H](C(=O)O)c2ccncc2)[C@H]1N. The number of hydrogen-bond acceptors (Lipinski definition) is 6. The van der Waals surface area contributed by atoms with E-state index in [9.17, 15) is 14.7 Å². The molecule has 0 aliphatic carbocycles. The number of carboxylic acid groups (broad SMARTS) is 1. The largest absolute Gasteiger partial charge is 0.480 e. The van der Waals surface area contributed by atoms with Crippen LogP contribution in [0.15, 0.2) is 24.5 Å². The second-order valence-corrected chi connectivity index (χ2v) is 6.35. The fraction of sp³-hybridized carbons (Fsp3) is 0.533. The number of carbonyl (C=O) groups is 2. The molecule has 0 saturated carbocycles. The molecule has 22 heavy (non-hydrogen) atoms. The maximum atomic E-state index is 12.0. The minimum atomic E-state index is -1.01. The molecule has 0 spiro atoms. The van der Waals surface area contributed by atoms with Crippen LogP contribution < -0.4 is 5.73 Å². The zero-order valence-corrected chi connectivity index (χ0v) is 12.9. The molecule has 1 saturated heterocycles. The number of nitrogens with two attached hydrogens (primary N) is 1. The summed E-state index contributed by atoms with van der Waals surface area (Å²) >= 11 is 0. The highest BCUT2D eigenvalue weighted by Crippen LogP contribution is 2.33. The Kier molecular flexibility index (Phi) is 4.48. The van der Waals surface area contributed by atoms with Gasteiger partial charge in [0, 0.05) is 18.9 Å². The van der Waals surface area contributed by atoms with E-state index >= 15 is 0 Å². The summed E-state index contributed by atoms with van der Waals surface area (Å²) < 4.78 is 5.30. The van der Waals surface area contributed by atoms with Crippen molar-refractivity contribution in [3.05, 3.63) is 30.1 Å².